The van der Waals surface area contributed by atoms with E-state index in [9.17, 15) is 9.59 Å². The maximum absolute atomic E-state index is 12.2. The minimum absolute atomic E-state index is 0.112. The highest BCUT2D eigenvalue weighted by molar-refractivity contribution is 6.42. The Balaban J connectivity index is 2.79. The van der Waals surface area contributed by atoms with E-state index in [0.29, 0.717) is 23.1 Å². The van der Waals surface area contributed by atoms with E-state index in [-0.39, 0.29) is 25.0 Å². The molecule has 0 radical (unpaired) electrons. The molecule has 0 aliphatic carbocycles. The zero-order valence-electron chi connectivity index (χ0n) is 13.0. The zero-order chi connectivity index (χ0) is 17.4. The van der Waals surface area contributed by atoms with Crippen molar-refractivity contribution in [2.75, 3.05) is 27.3 Å². The molecule has 0 bridgehead atoms. The van der Waals surface area contributed by atoms with Crippen molar-refractivity contribution in [1.29, 1.82) is 0 Å². The van der Waals surface area contributed by atoms with Crippen LogP contribution < -0.4 is 5.32 Å². The lowest BCUT2D eigenvalue weighted by atomic mass is 10.0. The normalized spacial score (nSPS) is 11.8. The van der Waals surface area contributed by atoms with E-state index < -0.39 is 5.97 Å². The predicted molar refractivity (Wildman–Crippen MR) is 89.1 cm³/mol. The Labute approximate surface area is 145 Å². The molecule has 2 N–H and O–H groups in total. The fourth-order valence-corrected chi connectivity index (χ4v) is 2.22. The van der Waals surface area contributed by atoms with Crippen LogP contribution in [0.15, 0.2) is 18.2 Å². The van der Waals surface area contributed by atoms with Crippen LogP contribution in [0.4, 0.5) is 4.79 Å². The molecule has 2 amide bonds. The standard InChI is InChI=1S/C15H20Cl2N2O4/c1-19(7-5-14(20)21)15(22)18-13(6-8-23-2)10-3-4-11(16)12(17)9-10/h3-4,9,13H,5-8H2,1-2H3,(H,18,22)(H,20,21). The molecule has 0 aromatic heterocycles. The summed E-state index contributed by atoms with van der Waals surface area (Å²) in [6.45, 7) is 0.573. The van der Waals surface area contributed by atoms with Gasteiger partial charge in [-0.1, -0.05) is 29.3 Å². The van der Waals surface area contributed by atoms with Crippen LogP contribution in [0.5, 0.6) is 0 Å². The number of aliphatic carboxylic acids is 1. The molecule has 0 aliphatic rings. The number of carbonyl (C=O) groups is 2. The van der Waals surface area contributed by atoms with Crippen molar-refractivity contribution in [3.8, 4) is 0 Å². The number of carboxylic acid groups (broad SMARTS) is 1. The molecule has 0 saturated carbocycles. The molecule has 23 heavy (non-hydrogen) atoms. The Morgan fingerprint density at radius 3 is 2.61 bits per heavy atom. The van der Waals surface area contributed by atoms with E-state index in [4.69, 9.17) is 33.0 Å². The summed E-state index contributed by atoms with van der Waals surface area (Å²) in [4.78, 5) is 24.1. The summed E-state index contributed by atoms with van der Waals surface area (Å²) in [6, 6.07) is 4.47. The van der Waals surface area contributed by atoms with Gasteiger partial charge in [0.25, 0.3) is 0 Å². The first kappa shape index (κ1) is 19.5. The van der Waals surface area contributed by atoms with Gasteiger partial charge in [-0.25, -0.2) is 4.79 Å². The SMILES string of the molecule is COCCC(NC(=O)N(C)CCC(=O)O)c1ccc(Cl)c(Cl)c1. The van der Waals surface area contributed by atoms with Gasteiger partial charge in [-0.05, 0) is 24.1 Å². The molecule has 0 aliphatic heterocycles. The third-order valence-electron chi connectivity index (χ3n) is 3.26. The first-order valence-electron chi connectivity index (χ1n) is 7.02. The third kappa shape index (κ3) is 6.64. The predicted octanol–water partition coefficient (Wildman–Crippen LogP) is 3.19. The van der Waals surface area contributed by atoms with E-state index >= 15 is 0 Å². The van der Waals surface area contributed by atoms with Crippen molar-refractivity contribution in [3.63, 3.8) is 0 Å². The molecule has 1 rings (SSSR count). The summed E-state index contributed by atoms with van der Waals surface area (Å²) in [7, 11) is 3.12. The quantitative estimate of drug-likeness (QED) is 0.744. The lowest BCUT2D eigenvalue weighted by Gasteiger charge is -2.24. The van der Waals surface area contributed by atoms with Crippen LogP contribution in [-0.4, -0.2) is 49.3 Å². The number of carboxylic acids is 1. The second-order valence-corrected chi connectivity index (χ2v) is 5.84. The molecule has 0 heterocycles. The number of amides is 2. The van der Waals surface area contributed by atoms with Gasteiger partial charge in [0.05, 0.1) is 22.5 Å². The van der Waals surface area contributed by atoms with Crippen molar-refractivity contribution in [1.82, 2.24) is 10.2 Å². The molecular weight excluding hydrogens is 343 g/mol. The second-order valence-electron chi connectivity index (χ2n) is 5.02. The number of nitrogens with one attached hydrogen (secondary N) is 1. The van der Waals surface area contributed by atoms with Crippen LogP contribution in [-0.2, 0) is 9.53 Å². The molecule has 8 heteroatoms. The monoisotopic (exact) mass is 362 g/mol. The van der Waals surface area contributed by atoms with Gasteiger partial charge in [-0.3, -0.25) is 4.79 Å². The number of nitrogens with zero attached hydrogens (tertiary/aromatic N) is 1. The van der Waals surface area contributed by atoms with Gasteiger partial charge in [-0.15, -0.1) is 0 Å². The third-order valence-corrected chi connectivity index (χ3v) is 4.00. The van der Waals surface area contributed by atoms with Gasteiger partial charge in [0.2, 0.25) is 0 Å². The van der Waals surface area contributed by atoms with Crippen LogP contribution in [0.3, 0.4) is 0 Å². The number of rotatable bonds is 8. The smallest absolute Gasteiger partial charge is 0.317 e. The molecule has 128 valence electrons. The van der Waals surface area contributed by atoms with Crippen LogP contribution in [0.1, 0.15) is 24.4 Å². The van der Waals surface area contributed by atoms with Crippen molar-refractivity contribution in [2.24, 2.45) is 0 Å². The van der Waals surface area contributed by atoms with E-state index in [0.717, 1.165) is 5.56 Å². The highest BCUT2D eigenvalue weighted by atomic mass is 35.5. The van der Waals surface area contributed by atoms with Crippen LogP contribution >= 0.6 is 23.2 Å². The molecule has 0 saturated heterocycles. The maximum atomic E-state index is 12.2. The molecule has 1 aromatic carbocycles. The van der Waals surface area contributed by atoms with E-state index in [1.165, 1.54) is 4.90 Å². The zero-order valence-corrected chi connectivity index (χ0v) is 14.5. The molecule has 1 atom stereocenters. The van der Waals surface area contributed by atoms with Gasteiger partial charge in [0.1, 0.15) is 0 Å². The number of ether oxygens (including phenoxy) is 1. The van der Waals surface area contributed by atoms with Gasteiger partial charge >= 0.3 is 12.0 Å². The van der Waals surface area contributed by atoms with E-state index in [1.807, 2.05) is 0 Å². The fraction of sp³-hybridized carbons (Fsp3) is 0.467. The number of urea groups is 1. The van der Waals surface area contributed by atoms with E-state index in [2.05, 4.69) is 5.32 Å². The molecule has 0 fully saturated rings. The first-order valence-corrected chi connectivity index (χ1v) is 7.78. The highest BCUT2D eigenvalue weighted by Crippen LogP contribution is 2.27. The molecular formula is C15H20Cl2N2O4. The summed E-state index contributed by atoms with van der Waals surface area (Å²) < 4.78 is 5.07. The molecule has 1 aromatic rings. The summed E-state index contributed by atoms with van der Waals surface area (Å²) in [6.07, 6.45) is 0.437. The fourth-order valence-electron chi connectivity index (χ4n) is 1.91. The average Bonchev–Trinajstić information content (AvgIpc) is 2.51. The summed E-state index contributed by atoms with van der Waals surface area (Å²) in [5.41, 5.74) is 0.802. The maximum Gasteiger partial charge on any atom is 0.317 e. The minimum atomic E-state index is -0.954. The van der Waals surface area contributed by atoms with Crippen LogP contribution in [0, 0.1) is 0 Å². The summed E-state index contributed by atoms with van der Waals surface area (Å²) in [5.74, 6) is -0.954. The highest BCUT2D eigenvalue weighted by Gasteiger charge is 2.18. The van der Waals surface area contributed by atoms with Gasteiger partial charge in [-0.2, -0.15) is 0 Å². The van der Waals surface area contributed by atoms with Gasteiger partial charge in [0, 0.05) is 27.3 Å². The summed E-state index contributed by atoms with van der Waals surface area (Å²) in [5, 5.41) is 12.4. The Morgan fingerprint density at radius 2 is 2.04 bits per heavy atom. The largest absolute Gasteiger partial charge is 0.481 e. The van der Waals surface area contributed by atoms with Crippen LogP contribution in [0.25, 0.3) is 0 Å². The lowest BCUT2D eigenvalue weighted by Crippen LogP contribution is -2.40. The van der Waals surface area contributed by atoms with E-state index in [1.54, 1.807) is 32.4 Å². The Hall–Kier alpha value is -1.50. The topological polar surface area (TPSA) is 78.9 Å². The van der Waals surface area contributed by atoms with Crippen molar-refractivity contribution in [2.45, 2.75) is 18.9 Å². The Bertz CT molecular complexity index is 554. The molecule has 0 spiro atoms. The van der Waals surface area contributed by atoms with Crippen molar-refractivity contribution in [3.05, 3.63) is 33.8 Å². The summed E-state index contributed by atoms with van der Waals surface area (Å²) >= 11 is 11.9. The first-order chi connectivity index (χ1) is 10.8. The number of hydrogen-bond acceptors (Lipinski definition) is 3. The lowest BCUT2D eigenvalue weighted by molar-refractivity contribution is -0.137. The number of methoxy groups -OCH3 is 1. The number of benzene rings is 1. The average molecular weight is 363 g/mol. The van der Waals surface area contributed by atoms with Gasteiger partial charge in [0.15, 0.2) is 0 Å². The second kappa shape index (κ2) is 9.60. The number of hydrogen-bond donors (Lipinski definition) is 2. The minimum Gasteiger partial charge on any atom is -0.481 e. The molecule has 1 unspecified atom stereocenters. The van der Waals surface area contributed by atoms with Crippen LogP contribution in [0.2, 0.25) is 10.0 Å². The number of carbonyl (C=O) groups excluding carboxylic acids is 1. The van der Waals surface area contributed by atoms with Crippen molar-refractivity contribution < 1.29 is 19.4 Å². The Morgan fingerprint density at radius 1 is 1.35 bits per heavy atom. The molecule has 6 nitrogen and oxygen atoms in total. The van der Waals surface area contributed by atoms with Gasteiger partial charge < -0.3 is 20.1 Å². The Kier molecular flexibility index (Phi) is 8.16. The number of halogens is 2. The van der Waals surface area contributed by atoms with Crippen molar-refractivity contribution >= 4 is 35.2 Å².